The Morgan fingerprint density at radius 1 is 1.44 bits per heavy atom. The van der Waals surface area contributed by atoms with E-state index in [9.17, 15) is 27.8 Å². The van der Waals surface area contributed by atoms with Crippen molar-refractivity contribution in [1.29, 1.82) is 5.26 Å². The molecule has 0 radical (unpaired) electrons. The minimum atomic E-state index is -4.68. The summed E-state index contributed by atoms with van der Waals surface area (Å²) >= 11 is 10.2. The number of amides is 1. The summed E-state index contributed by atoms with van der Waals surface area (Å²) in [6.45, 7) is -0.420. The minimum Gasteiger partial charge on any atom is -0.611 e. The fourth-order valence-corrected chi connectivity index (χ4v) is 3.61. The number of nitrogens with zero attached hydrogens (tertiary/aromatic N) is 3. The molecule has 0 fully saturated rings. The van der Waals surface area contributed by atoms with Gasteiger partial charge in [0.25, 0.3) is 0 Å². The first-order valence-electron chi connectivity index (χ1n) is 6.92. The maximum Gasteiger partial charge on any atom is 0.416 e. The second kappa shape index (κ2) is 7.85. The van der Waals surface area contributed by atoms with E-state index in [1.807, 2.05) is 0 Å². The Bertz CT molecular complexity index is 917. The highest BCUT2D eigenvalue weighted by Crippen LogP contribution is 2.39. The molecule has 3 N–H and O–H groups in total. The van der Waals surface area contributed by atoms with Crippen molar-refractivity contribution in [2.45, 2.75) is 11.1 Å². The molecule has 2 rings (SSSR count). The molecule has 0 saturated carbocycles. The van der Waals surface area contributed by atoms with Crippen LogP contribution < -0.4 is 11.1 Å². The Balaban J connectivity index is 2.75. The zero-order valence-corrected chi connectivity index (χ0v) is 15.7. The van der Waals surface area contributed by atoms with Crippen LogP contribution in [0.2, 0.25) is 10.0 Å². The molecule has 1 amide bonds. The molecule has 0 aliphatic heterocycles. The number of aromatic nitrogens is 2. The van der Waals surface area contributed by atoms with Crippen molar-refractivity contribution in [3.63, 3.8) is 0 Å². The van der Waals surface area contributed by atoms with Crippen LogP contribution in [0, 0.1) is 11.3 Å². The van der Waals surface area contributed by atoms with Gasteiger partial charge in [0, 0.05) is 0 Å². The number of hydrogen-bond acceptors (Lipinski definition) is 5. The van der Waals surface area contributed by atoms with E-state index in [0.717, 1.165) is 4.68 Å². The van der Waals surface area contributed by atoms with Gasteiger partial charge in [-0.3, -0.25) is 4.79 Å². The molecule has 0 aliphatic rings. The summed E-state index contributed by atoms with van der Waals surface area (Å²) in [5, 5.41) is 14.9. The van der Waals surface area contributed by atoms with Crippen LogP contribution in [-0.4, -0.2) is 33.0 Å². The van der Waals surface area contributed by atoms with Crippen molar-refractivity contribution in [2.24, 2.45) is 5.73 Å². The molecule has 27 heavy (non-hydrogen) atoms. The standard InChI is InChI=1S/C14H10Cl2F3N5O2S/c1-27(26)12-9(4-20)23-24(13(12)22-5-10(21)25)11-7(15)2-6(3-8(11)16)14(17,18)19/h2-3,22H,5H2,1H3,(H2,21,25). The van der Waals surface area contributed by atoms with Crippen molar-refractivity contribution in [2.75, 3.05) is 18.1 Å². The molecule has 1 aromatic carbocycles. The molecular weight excluding hydrogens is 430 g/mol. The van der Waals surface area contributed by atoms with Crippen LogP contribution in [0.1, 0.15) is 11.3 Å². The lowest BCUT2D eigenvalue weighted by Gasteiger charge is -2.15. The zero-order valence-electron chi connectivity index (χ0n) is 13.4. The number of primary amides is 1. The largest absolute Gasteiger partial charge is 0.611 e. The van der Waals surface area contributed by atoms with Gasteiger partial charge >= 0.3 is 6.18 Å². The lowest BCUT2D eigenvalue weighted by molar-refractivity contribution is -0.137. The number of rotatable bonds is 5. The Hall–Kier alpha value is -2.13. The maximum atomic E-state index is 12.9. The molecule has 1 atom stereocenters. The third-order valence-electron chi connectivity index (χ3n) is 3.22. The van der Waals surface area contributed by atoms with Crippen LogP contribution in [0.15, 0.2) is 17.0 Å². The van der Waals surface area contributed by atoms with Gasteiger partial charge in [0.1, 0.15) is 18.0 Å². The Morgan fingerprint density at radius 3 is 2.41 bits per heavy atom. The lowest BCUT2D eigenvalue weighted by Crippen LogP contribution is -2.24. The highest BCUT2D eigenvalue weighted by atomic mass is 35.5. The predicted molar refractivity (Wildman–Crippen MR) is 93.3 cm³/mol. The summed E-state index contributed by atoms with van der Waals surface area (Å²) in [6.07, 6.45) is -3.43. The number of halogens is 5. The first kappa shape index (κ1) is 21.2. The first-order chi connectivity index (χ1) is 12.5. The van der Waals surface area contributed by atoms with Crippen LogP contribution in [0.25, 0.3) is 5.69 Å². The molecular formula is C14H10Cl2F3N5O2S. The molecule has 1 aromatic heterocycles. The average Bonchev–Trinajstić information content (AvgIpc) is 2.89. The van der Waals surface area contributed by atoms with Gasteiger partial charge in [0.15, 0.2) is 5.82 Å². The predicted octanol–water partition coefficient (Wildman–Crippen LogP) is 2.70. The molecule has 1 unspecified atom stereocenters. The third-order valence-corrected chi connectivity index (χ3v) is 4.76. The number of hydrogen-bond donors (Lipinski definition) is 2. The molecule has 13 heteroatoms. The fourth-order valence-electron chi connectivity index (χ4n) is 2.17. The Labute approximate surface area is 164 Å². The van der Waals surface area contributed by atoms with Crippen molar-refractivity contribution in [3.05, 3.63) is 33.4 Å². The van der Waals surface area contributed by atoms with E-state index >= 15 is 0 Å². The number of nitrogens with one attached hydrogen (secondary N) is 1. The number of carbonyl (C=O) groups excluding carboxylic acids is 1. The Morgan fingerprint density at radius 2 is 2.00 bits per heavy atom. The number of alkyl halides is 3. The topological polar surface area (TPSA) is 120 Å². The summed E-state index contributed by atoms with van der Waals surface area (Å²) in [5.41, 5.74) is 3.52. The summed E-state index contributed by atoms with van der Waals surface area (Å²) in [7, 11) is 0. The van der Waals surface area contributed by atoms with Crippen LogP contribution >= 0.6 is 23.2 Å². The van der Waals surface area contributed by atoms with Gasteiger partial charge in [-0.2, -0.15) is 18.4 Å². The first-order valence-corrected chi connectivity index (χ1v) is 9.24. The molecule has 1 heterocycles. The van der Waals surface area contributed by atoms with Crippen molar-refractivity contribution in [3.8, 4) is 11.8 Å². The van der Waals surface area contributed by atoms with Crippen molar-refractivity contribution >= 4 is 46.1 Å². The smallest absolute Gasteiger partial charge is 0.416 e. The van der Waals surface area contributed by atoms with E-state index in [4.69, 9.17) is 28.9 Å². The van der Waals surface area contributed by atoms with E-state index < -0.39 is 45.4 Å². The number of anilines is 1. The fraction of sp³-hybridized carbons (Fsp3) is 0.214. The third kappa shape index (κ3) is 4.41. The van der Waals surface area contributed by atoms with Gasteiger partial charge in [-0.25, -0.2) is 4.68 Å². The highest BCUT2D eigenvalue weighted by Gasteiger charge is 2.34. The number of nitrogens with two attached hydrogens (primary N) is 1. The molecule has 0 aliphatic carbocycles. The van der Waals surface area contributed by atoms with Crippen LogP contribution in [0.5, 0.6) is 0 Å². The van der Waals surface area contributed by atoms with Crippen LogP contribution in [-0.2, 0) is 22.1 Å². The highest BCUT2D eigenvalue weighted by molar-refractivity contribution is 7.91. The van der Waals surface area contributed by atoms with Gasteiger partial charge in [-0.1, -0.05) is 23.2 Å². The number of nitriles is 1. The van der Waals surface area contributed by atoms with Crippen molar-refractivity contribution in [1.82, 2.24) is 9.78 Å². The minimum absolute atomic E-state index is 0.0780. The second-order valence-electron chi connectivity index (χ2n) is 5.11. The number of carbonyl (C=O) groups is 1. The quantitative estimate of drug-likeness (QED) is 0.693. The van der Waals surface area contributed by atoms with Gasteiger partial charge < -0.3 is 15.6 Å². The molecule has 0 saturated heterocycles. The summed E-state index contributed by atoms with van der Waals surface area (Å²) in [6, 6.07) is 2.99. The second-order valence-corrected chi connectivity index (χ2v) is 7.24. The molecule has 2 aromatic rings. The molecule has 144 valence electrons. The SMILES string of the molecule is C[S+]([O-])c1c(C#N)nn(-c2c(Cl)cc(C(F)(F)F)cc2Cl)c1NCC(N)=O. The monoisotopic (exact) mass is 439 g/mol. The normalized spacial score (nSPS) is 12.5. The summed E-state index contributed by atoms with van der Waals surface area (Å²) < 4.78 is 51.7. The molecule has 0 bridgehead atoms. The summed E-state index contributed by atoms with van der Waals surface area (Å²) in [4.78, 5) is 11.0. The molecule has 7 nitrogen and oxygen atoms in total. The van der Waals surface area contributed by atoms with E-state index in [-0.39, 0.29) is 22.1 Å². The number of benzene rings is 1. The van der Waals surface area contributed by atoms with Crippen LogP contribution in [0.3, 0.4) is 0 Å². The van der Waals surface area contributed by atoms with Gasteiger partial charge in [-0.05, 0) is 23.3 Å². The summed E-state index contributed by atoms with van der Waals surface area (Å²) in [5.74, 6) is -0.881. The van der Waals surface area contributed by atoms with E-state index in [1.54, 1.807) is 6.07 Å². The van der Waals surface area contributed by atoms with E-state index in [1.165, 1.54) is 6.26 Å². The van der Waals surface area contributed by atoms with Crippen LogP contribution in [0.4, 0.5) is 19.0 Å². The van der Waals surface area contributed by atoms with Gasteiger partial charge in [0.2, 0.25) is 16.5 Å². The lowest BCUT2D eigenvalue weighted by atomic mass is 10.2. The average molecular weight is 440 g/mol. The van der Waals surface area contributed by atoms with E-state index in [0.29, 0.717) is 12.1 Å². The molecule has 0 spiro atoms. The van der Waals surface area contributed by atoms with E-state index in [2.05, 4.69) is 10.4 Å². The van der Waals surface area contributed by atoms with Gasteiger partial charge in [0.05, 0.1) is 22.2 Å². The van der Waals surface area contributed by atoms with Crippen molar-refractivity contribution < 1.29 is 22.5 Å². The maximum absolute atomic E-state index is 12.9. The van der Waals surface area contributed by atoms with Gasteiger partial charge in [-0.15, -0.1) is 5.10 Å². The zero-order chi connectivity index (χ0) is 20.5. The Kier molecular flexibility index (Phi) is 6.16.